The zero-order valence-corrected chi connectivity index (χ0v) is 5.30. The van der Waals surface area contributed by atoms with Crippen LogP contribution < -0.4 is 4.72 Å². The van der Waals surface area contributed by atoms with E-state index in [0.29, 0.717) is 0 Å². The molecule has 7 heavy (non-hydrogen) atoms. The molecule has 0 aliphatic carbocycles. The Balaban J connectivity index is 2.57. The molecule has 0 aromatic heterocycles. The van der Waals surface area contributed by atoms with E-state index in [-0.39, 0.29) is 0 Å². The molecule has 1 rings (SSSR count). The van der Waals surface area contributed by atoms with E-state index in [0.717, 1.165) is 4.24 Å². The van der Waals surface area contributed by atoms with E-state index >= 15 is 0 Å². The first-order chi connectivity index (χ1) is 3.39. The van der Waals surface area contributed by atoms with Crippen molar-refractivity contribution in [3.8, 4) is 0 Å². The maximum absolute atomic E-state index is 4.07. The summed E-state index contributed by atoms with van der Waals surface area (Å²) in [4.78, 5) is 0. The van der Waals surface area contributed by atoms with Gasteiger partial charge in [0.2, 0.25) is 0 Å². The molecule has 38 valence electrons. The molecule has 1 aliphatic rings. The van der Waals surface area contributed by atoms with Crippen molar-refractivity contribution in [2.45, 2.75) is 0 Å². The molecule has 3 heteroatoms. The lowest BCUT2D eigenvalue weighted by atomic mass is 10.6. The second kappa shape index (κ2) is 2.33. The van der Waals surface area contributed by atoms with E-state index in [1.165, 1.54) is 11.9 Å². The van der Waals surface area contributed by atoms with Gasteiger partial charge in [-0.05, 0) is 24.1 Å². The lowest BCUT2D eigenvalue weighted by Gasteiger charge is -2.00. The maximum Gasteiger partial charge on any atom is 0.0582 e. The SMILES string of the molecule is SC1=CC=CNS1. The highest BCUT2D eigenvalue weighted by Gasteiger charge is 1.88. The normalized spacial score (nSPS) is 18.1. The summed E-state index contributed by atoms with van der Waals surface area (Å²) >= 11 is 5.58. The van der Waals surface area contributed by atoms with Crippen LogP contribution in [0, 0.1) is 0 Å². The van der Waals surface area contributed by atoms with Crippen LogP contribution in [0.15, 0.2) is 22.6 Å². The molecule has 0 saturated carbocycles. The highest BCUT2D eigenvalue weighted by atomic mass is 32.2. The Morgan fingerprint density at radius 3 is 2.86 bits per heavy atom. The minimum Gasteiger partial charge on any atom is -0.332 e. The molecule has 0 radical (unpaired) electrons. The van der Waals surface area contributed by atoms with Gasteiger partial charge in [-0.1, -0.05) is 0 Å². The Bertz CT molecular complexity index is 117. The minimum absolute atomic E-state index is 1.00. The third kappa shape index (κ3) is 1.49. The zero-order chi connectivity index (χ0) is 5.11. The molecule has 0 unspecified atom stereocenters. The Morgan fingerprint density at radius 1 is 1.71 bits per heavy atom. The van der Waals surface area contributed by atoms with Gasteiger partial charge in [0.15, 0.2) is 0 Å². The predicted octanol–water partition coefficient (Wildman–Crippen LogP) is 1.52. The Morgan fingerprint density at radius 2 is 2.57 bits per heavy atom. The van der Waals surface area contributed by atoms with Crippen LogP contribution in [0.25, 0.3) is 0 Å². The third-order valence-electron chi connectivity index (χ3n) is 0.567. The van der Waals surface area contributed by atoms with Gasteiger partial charge in [0.05, 0.1) is 4.24 Å². The Labute approximate surface area is 52.4 Å². The molecular weight excluding hydrogens is 126 g/mol. The summed E-state index contributed by atoms with van der Waals surface area (Å²) < 4.78 is 3.93. The fraction of sp³-hybridized carbons (Fsp3) is 0. The van der Waals surface area contributed by atoms with Crippen molar-refractivity contribution in [3.05, 3.63) is 22.6 Å². The van der Waals surface area contributed by atoms with Crippen molar-refractivity contribution in [2.75, 3.05) is 0 Å². The largest absolute Gasteiger partial charge is 0.332 e. The molecule has 0 fully saturated rings. The lowest BCUT2D eigenvalue weighted by molar-refractivity contribution is 1.41. The number of nitrogens with one attached hydrogen (secondary N) is 1. The number of hydrogen-bond donors (Lipinski definition) is 2. The molecule has 1 N–H and O–H groups in total. The van der Waals surface area contributed by atoms with Crippen molar-refractivity contribution in [2.24, 2.45) is 0 Å². The van der Waals surface area contributed by atoms with Gasteiger partial charge in [-0.3, -0.25) is 0 Å². The van der Waals surface area contributed by atoms with E-state index < -0.39 is 0 Å². The molecule has 1 nitrogen and oxygen atoms in total. The standard InChI is InChI=1S/C4H5NS2/c6-4-2-1-3-5-7-4/h1-3,5-6H. The van der Waals surface area contributed by atoms with E-state index in [2.05, 4.69) is 17.4 Å². The summed E-state index contributed by atoms with van der Waals surface area (Å²) in [5.41, 5.74) is 0. The van der Waals surface area contributed by atoms with Gasteiger partial charge in [0.25, 0.3) is 0 Å². The molecule has 0 atom stereocenters. The second-order valence-corrected chi connectivity index (χ2v) is 2.75. The summed E-state index contributed by atoms with van der Waals surface area (Å²) in [6.07, 6.45) is 5.72. The second-order valence-electron chi connectivity index (χ2n) is 1.08. The number of hydrogen-bond acceptors (Lipinski definition) is 3. The fourth-order valence-corrected chi connectivity index (χ4v) is 0.956. The molecule has 1 aliphatic heterocycles. The van der Waals surface area contributed by atoms with Crippen molar-refractivity contribution < 1.29 is 0 Å². The van der Waals surface area contributed by atoms with Gasteiger partial charge >= 0.3 is 0 Å². The van der Waals surface area contributed by atoms with Crippen molar-refractivity contribution in [1.82, 2.24) is 4.72 Å². The van der Waals surface area contributed by atoms with E-state index in [4.69, 9.17) is 0 Å². The topological polar surface area (TPSA) is 12.0 Å². The fourth-order valence-electron chi connectivity index (χ4n) is 0.298. The number of thiol groups is 1. The highest BCUT2D eigenvalue weighted by molar-refractivity contribution is 8.14. The van der Waals surface area contributed by atoms with Gasteiger partial charge in [0, 0.05) is 6.20 Å². The van der Waals surface area contributed by atoms with E-state index in [1.807, 2.05) is 18.4 Å². The van der Waals surface area contributed by atoms with Crippen molar-refractivity contribution >= 4 is 24.6 Å². The zero-order valence-electron chi connectivity index (χ0n) is 3.59. The first kappa shape index (κ1) is 5.12. The average molecular weight is 131 g/mol. The number of rotatable bonds is 0. The van der Waals surface area contributed by atoms with Crippen molar-refractivity contribution in [3.63, 3.8) is 0 Å². The van der Waals surface area contributed by atoms with Gasteiger partial charge in [-0.2, -0.15) is 0 Å². The quantitative estimate of drug-likeness (QED) is 0.382. The molecule has 0 saturated heterocycles. The summed E-state index contributed by atoms with van der Waals surface area (Å²) in [6.45, 7) is 0. The Hall–Kier alpha value is -0.0200. The van der Waals surface area contributed by atoms with Gasteiger partial charge in [-0.15, -0.1) is 12.6 Å². The first-order valence-corrected chi connectivity index (χ1v) is 3.14. The van der Waals surface area contributed by atoms with Crippen molar-refractivity contribution in [1.29, 1.82) is 0 Å². The summed E-state index contributed by atoms with van der Waals surface area (Å²) in [7, 11) is 0. The van der Waals surface area contributed by atoms with Crippen LogP contribution in [0.1, 0.15) is 0 Å². The lowest BCUT2D eigenvalue weighted by Crippen LogP contribution is -1.91. The third-order valence-corrected chi connectivity index (χ3v) is 1.59. The molecular formula is C4H5NS2. The first-order valence-electron chi connectivity index (χ1n) is 1.88. The van der Waals surface area contributed by atoms with Gasteiger partial charge in [0.1, 0.15) is 0 Å². The summed E-state index contributed by atoms with van der Waals surface area (Å²) in [5.74, 6) is 0. The van der Waals surface area contributed by atoms with Crippen LogP contribution in [-0.2, 0) is 0 Å². The minimum atomic E-state index is 1.00. The molecule has 0 amide bonds. The van der Waals surface area contributed by atoms with E-state index in [1.54, 1.807) is 0 Å². The van der Waals surface area contributed by atoms with Crippen LogP contribution in [-0.4, -0.2) is 0 Å². The van der Waals surface area contributed by atoms with E-state index in [9.17, 15) is 0 Å². The van der Waals surface area contributed by atoms with Gasteiger partial charge < -0.3 is 4.72 Å². The number of allylic oxidation sites excluding steroid dienone is 2. The van der Waals surface area contributed by atoms with Gasteiger partial charge in [-0.25, -0.2) is 0 Å². The molecule has 0 spiro atoms. The summed E-state index contributed by atoms with van der Waals surface area (Å²) in [6, 6.07) is 0. The molecule has 0 aromatic rings. The van der Waals surface area contributed by atoms with Crippen LogP contribution in [0.2, 0.25) is 0 Å². The van der Waals surface area contributed by atoms with Crippen LogP contribution in [0.5, 0.6) is 0 Å². The molecule has 1 heterocycles. The maximum atomic E-state index is 4.07. The highest BCUT2D eigenvalue weighted by Crippen LogP contribution is 2.17. The smallest absolute Gasteiger partial charge is 0.0582 e. The molecule has 0 bridgehead atoms. The molecule has 0 aromatic carbocycles. The predicted molar refractivity (Wildman–Crippen MR) is 36.9 cm³/mol. The van der Waals surface area contributed by atoms with Crippen LogP contribution in [0.4, 0.5) is 0 Å². The van der Waals surface area contributed by atoms with Crippen LogP contribution in [0.3, 0.4) is 0 Å². The Kier molecular flexibility index (Phi) is 1.70. The van der Waals surface area contributed by atoms with Crippen LogP contribution >= 0.6 is 24.6 Å². The average Bonchev–Trinajstić information content (AvgIpc) is 1.69. The summed E-state index contributed by atoms with van der Waals surface area (Å²) in [5, 5.41) is 0. The monoisotopic (exact) mass is 131 g/mol.